The molecule has 0 aliphatic carbocycles. The van der Waals surface area contributed by atoms with Gasteiger partial charge in [0.2, 0.25) is 0 Å². The third kappa shape index (κ3) is 1.23. The summed E-state index contributed by atoms with van der Waals surface area (Å²) >= 11 is 1.72. The van der Waals surface area contributed by atoms with Gasteiger partial charge in [0.25, 0.3) is 0 Å². The molecule has 4 rings (SSSR count). The van der Waals surface area contributed by atoms with Crippen molar-refractivity contribution in [3.8, 4) is 11.3 Å². The van der Waals surface area contributed by atoms with Crippen molar-refractivity contribution in [2.75, 3.05) is 0 Å². The van der Waals surface area contributed by atoms with E-state index < -0.39 is 0 Å². The molecule has 0 atom stereocenters. The summed E-state index contributed by atoms with van der Waals surface area (Å²) in [7, 11) is 0. The van der Waals surface area contributed by atoms with Crippen LogP contribution in [0.4, 0.5) is 0 Å². The molecule has 0 saturated carbocycles. The first-order valence-corrected chi connectivity index (χ1v) is 6.26. The second kappa shape index (κ2) is 3.31. The molecule has 80 valence electrons. The lowest BCUT2D eigenvalue weighted by atomic mass is 10.1. The van der Waals surface area contributed by atoms with Gasteiger partial charge in [0.15, 0.2) is 0 Å². The largest absolute Gasteiger partial charge is 0.255 e. The van der Waals surface area contributed by atoms with Gasteiger partial charge < -0.3 is 0 Å². The van der Waals surface area contributed by atoms with E-state index in [-0.39, 0.29) is 0 Å². The van der Waals surface area contributed by atoms with Crippen molar-refractivity contribution in [2.24, 2.45) is 0 Å². The lowest BCUT2D eigenvalue weighted by Gasteiger charge is -2.17. The Balaban J connectivity index is 2.22. The zero-order valence-electron chi connectivity index (χ0n) is 8.92. The Kier molecular flexibility index (Phi) is 1.79. The van der Waals surface area contributed by atoms with Gasteiger partial charge in [-0.3, -0.25) is 4.98 Å². The zero-order chi connectivity index (χ0) is 11.2. The van der Waals surface area contributed by atoms with Gasteiger partial charge in [0.1, 0.15) is 5.03 Å². The number of hydrogen-bond acceptors (Lipinski definition) is 3. The van der Waals surface area contributed by atoms with Crippen molar-refractivity contribution in [2.45, 2.75) is 9.92 Å². The van der Waals surface area contributed by atoms with Crippen LogP contribution in [0.2, 0.25) is 0 Å². The minimum atomic E-state index is 1.06. The average Bonchev–Trinajstić information content (AvgIpc) is 2.39. The lowest BCUT2D eigenvalue weighted by Crippen LogP contribution is -1.96. The highest BCUT2D eigenvalue weighted by molar-refractivity contribution is 7.99. The van der Waals surface area contributed by atoms with Gasteiger partial charge in [-0.2, -0.15) is 0 Å². The van der Waals surface area contributed by atoms with Crippen molar-refractivity contribution < 1.29 is 0 Å². The van der Waals surface area contributed by atoms with Crippen molar-refractivity contribution in [1.82, 2.24) is 9.97 Å². The number of aromatic nitrogens is 2. The van der Waals surface area contributed by atoms with E-state index in [4.69, 9.17) is 0 Å². The summed E-state index contributed by atoms with van der Waals surface area (Å²) in [6.45, 7) is 0. The van der Waals surface area contributed by atoms with Crippen LogP contribution in [0.25, 0.3) is 22.0 Å². The predicted octanol–water partition coefficient (Wildman–Crippen LogP) is 3.76. The first kappa shape index (κ1) is 9.19. The van der Waals surface area contributed by atoms with E-state index in [0.717, 1.165) is 10.7 Å². The van der Waals surface area contributed by atoms with Crippen molar-refractivity contribution in [3.63, 3.8) is 0 Å². The molecule has 3 heterocycles. The lowest BCUT2D eigenvalue weighted by molar-refractivity contribution is 1.15. The summed E-state index contributed by atoms with van der Waals surface area (Å²) in [4.78, 5) is 10.2. The van der Waals surface area contributed by atoms with Crippen molar-refractivity contribution >= 4 is 22.5 Å². The monoisotopic (exact) mass is 236 g/mol. The molecule has 0 N–H and O–H groups in total. The van der Waals surface area contributed by atoms with E-state index in [2.05, 4.69) is 34.2 Å². The third-order valence-electron chi connectivity index (χ3n) is 2.99. The molecule has 1 aromatic carbocycles. The molecule has 0 bridgehead atoms. The second-order valence-electron chi connectivity index (χ2n) is 3.97. The summed E-state index contributed by atoms with van der Waals surface area (Å²) in [5, 5.41) is 3.45. The summed E-state index contributed by atoms with van der Waals surface area (Å²) in [6.07, 6.45) is 3.73. The normalized spacial score (nSPS) is 12.5. The maximum Gasteiger partial charge on any atom is 0.111 e. The van der Waals surface area contributed by atoms with Crippen LogP contribution in [0.15, 0.2) is 58.7 Å². The number of hydrogen-bond donors (Lipinski definition) is 0. The van der Waals surface area contributed by atoms with Crippen LogP contribution < -0.4 is 0 Å². The average molecular weight is 236 g/mol. The highest BCUT2D eigenvalue weighted by Crippen LogP contribution is 2.45. The second-order valence-corrected chi connectivity index (χ2v) is 5.00. The minimum Gasteiger partial charge on any atom is -0.255 e. The molecular formula is C14H8N2S. The number of benzene rings is 1. The molecule has 3 aromatic rings. The van der Waals surface area contributed by atoms with Gasteiger partial charge in [-0.15, -0.1) is 0 Å². The summed E-state index contributed by atoms with van der Waals surface area (Å²) in [5.41, 5.74) is 2.27. The number of rotatable bonds is 0. The maximum absolute atomic E-state index is 4.53. The highest BCUT2D eigenvalue weighted by Gasteiger charge is 2.19. The van der Waals surface area contributed by atoms with E-state index in [1.165, 1.54) is 21.2 Å². The topological polar surface area (TPSA) is 25.8 Å². The van der Waals surface area contributed by atoms with E-state index >= 15 is 0 Å². The molecule has 3 heteroatoms. The van der Waals surface area contributed by atoms with Crippen LogP contribution in [-0.2, 0) is 0 Å². The Bertz CT molecular complexity index is 732. The molecule has 0 saturated heterocycles. The number of fused-ring (bicyclic) bond motifs is 2. The van der Waals surface area contributed by atoms with Crippen molar-refractivity contribution in [3.05, 3.63) is 48.8 Å². The van der Waals surface area contributed by atoms with Gasteiger partial charge in [-0.1, -0.05) is 30.0 Å². The molecule has 17 heavy (non-hydrogen) atoms. The Morgan fingerprint density at radius 2 is 1.71 bits per heavy atom. The molecule has 0 unspecified atom stereocenters. The fourth-order valence-corrected chi connectivity index (χ4v) is 3.29. The summed E-state index contributed by atoms with van der Waals surface area (Å²) in [6, 6.07) is 12.4. The summed E-state index contributed by atoms with van der Waals surface area (Å²) in [5.74, 6) is 0. The van der Waals surface area contributed by atoms with E-state index in [9.17, 15) is 0 Å². The molecule has 1 aliphatic rings. The van der Waals surface area contributed by atoms with Crippen LogP contribution in [0.3, 0.4) is 0 Å². The molecule has 2 aromatic heterocycles. The first-order valence-electron chi connectivity index (χ1n) is 5.44. The molecule has 0 fully saturated rings. The fourth-order valence-electron chi connectivity index (χ4n) is 2.23. The zero-order valence-corrected chi connectivity index (χ0v) is 9.74. The van der Waals surface area contributed by atoms with Crippen molar-refractivity contribution in [1.29, 1.82) is 0 Å². The smallest absolute Gasteiger partial charge is 0.111 e. The van der Waals surface area contributed by atoms with Crippen LogP contribution in [0, 0.1) is 0 Å². The number of nitrogens with zero attached hydrogens (tertiary/aromatic N) is 2. The van der Waals surface area contributed by atoms with Gasteiger partial charge >= 0.3 is 0 Å². The Hall–Kier alpha value is -1.87. The molecule has 1 aliphatic heterocycles. The Morgan fingerprint density at radius 3 is 2.65 bits per heavy atom. The van der Waals surface area contributed by atoms with Gasteiger partial charge in [0, 0.05) is 28.2 Å². The maximum atomic E-state index is 4.53. The van der Waals surface area contributed by atoms with Gasteiger partial charge in [-0.25, -0.2) is 4.98 Å². The van der Waals surface area contributed by atoms with E-state index in [0.29, 0.717) is 0 Å². The SMILES string of the molecule is c1ccc2c(c1)Sc1nccc3ccnc-2c13. The molecule has 0 radical (unpaired) electrons. The Labute approximate surface area is 103 Å². The van der Waals surface area contributed by atoms with Gasteiger partial charge in [0.05, 0.1) is 5.69 Å². The highest BCUT2D eigenvalue weighted by atomic mass is 32.2. The summed E-state index contributed by atoms with van der Waals surface area (Å²) < 4.78 is 0. The Morgan fingerprint density at radius 1 is 0.882 bits per heavy atom. The molecular weight excluding hydrogens is 228 g/mol. The standard InChI is InChI=1S/C14H8N2S/c1-2-4-11-10(3-1)13-12-9(5-7-15-13)6-8-16-14(12)17-11/h1-8H. The third-order valence-corrected chi connectivity index (χ3v) is 4.07. The van der Waals surface area contributed by atoms with Crippen LogP contribution in [0.1, 0.15) is 0 Å². The first-order chi connectivity index (χ1) is 8.43. The fraction of sp³-hybridized carbons (Fsp3) is 0. The van der Waals surface area contributed by atoms with Crippen LogP contribution >= 0.6 is 11.8 Å². The van der Waals surface area contributed by atoms with Crippen LogP contribution in [0.5, 0.6) is 0 Å². The number of pyridine rings is 2. The molecule has 0 spiro atoms. The minimum absolute atomic E-state index is 1.06. The molecule has 2 nitrogen and oxygen atoms in total. The van der Waals surface area contributed by atoms with Crippen LogP contribution in [-0.4, -0.2) is 9.97 Å². The predicted molar refractivity (Wildman–Crippen MR) is 69.1 cm³/mol. The van der Waals surface area contributed by atoms with E-state index in [1.54, 1.807) is 11.8 Å². The molecule has 0 amide bonds. The van der Waals surface area contributed by atoms with E-state index in [1.807, 2.05) is 24.5 Å². The quantitative estimate of drug-likeness (QED) is 0.465. The van der Waals surface area contributed by atoms with Gasteiger partial charge in [-0.05, 0) is 23.6 Å².